The zero-order valence-corrected chi connectivity index (χ0v) is 11.8. The van der Waals surface area contributed by atoms with E-state index in [4.69, 9.17) is 4.74 Å². The summed E-state index contributed by atoms with van der Waals surface area (Å²) >= 11 is 3.29. The van der Waals surface area contributed by atoms with E-state index >= 15 is 0 Å². The quantitative estimate of drug-likeness (QED) is 0.690. The number of hydrogen-bond donors (Lipinski definition) is 0. The SMILES string of the molecule is CC1COC(CBr)CN1C(=O)CS(C)(=O)=O. The number of halogens is 1. The Balaban J connectivity index is 2.66. The van der Waals surface area contributed by atoms with Crippen LogP contribution in [0.25, 0.3) is 0 Å². The van der Waals surface area contributed by atoms with Crippen LogP contribution in [-0.4, -0.2) is 61.9 Å². The highest BCUT2D eigenvalue weighted by Crippen LogP contribution is 2.13. The van der Waals surface area contributed by atoms with E-state index in [9.17, 15) is 13.2 Å². The Morgan fingerprint density at radius 1 is 1.56 bits per heavy atom. The average molecular weight is 314 g/mol. The summed E-state index contributed by atoms with van der Waals surface area (Å²) in [7, 11) is -3.26. The summed E-state index contributed by atoms with van der Waals surface area (Å²) < 4.78 is 27.6. The summed E-state index contributed by atoms with van der Waals surface area (Å²) in [6.45, 7) is 2.75. The normalized spacial score (nSPS) is 26.8. The van der Waals surface area contributed by atoms with Gasteiger partial charge in [-0.3, -0.25) is 4.79 Å². The molecule has 0 aliphatic carbocycles. The molecule has 0 aromatic heterocycles. The fraction of sp³-hybridized carbons (Fsp3) is 0.889. The largest absolute Gasteiger partial charge is 0.373 e. The van der Waals surface area contributed by atoms with Crippen molar-refractivity contribution in [1.29, 1.82) is 0 Å². The molecule has 2 unspecified atom stereocenters. The van der Waals surface area contributed by atoms with Gasteiger partial charge < -0.3 is 9.64 Å². The molecule has 0 aromatic carbocycles. The third kappa shape index (κ3) is 4.03. The molecule has 0 spiro atoms. The van der Waals surface area contributed by atoms with Crippen molar-refractivity contribution in [3.8, 4) is 0 Å². The van der Waals surface area contributed by atoms with Crippen LogP contribution in [0.2, 0.25) is 0 Å². The summed E-state index contributed by atoms with van der Waals surface area (Å²) in [6.07, 6.45) is 1.01. The molecule has 1 aliphatic heterocycles. The fourth-order valence-corrected chi connectivity index (χ4v) is 2.57. The van der Waals surface area contributed by atoms with E-state index in [1.165, 1.54) is 0 Å². The predicted molar refractivity (Wildman–Crippen MR) is 64.4 cm³/mol. The minimum Gasteiger partial charge on any atom is -0.373 e. The molecule has 0 saturated carbocycles. The number of amides is 1. The first kappa shape index (κ1) is 13.9. The monoisotopic (exact) mass is 313 g/mol. The van der Waals surface area contributed by atoms with Crippen LogP contribution in [0.3, 0.4) is 0 Å². The second-order valence-corrected chi connectivity index (χ2v) is 6.86. The Kier molecular flexibility index (Phi) is 4.75. The number of hydrogen-bond acceptors (Lipinski definition) is 4. The van der Waals surface area contributed by atoms with E-state index in [2.05, 4.69) is 15.9 Å². The number of carbonyl (C=O) groups is 1. The topological polar surface area (TPSA) is 63.7 Å². The van der Waals surface area contributed by atoms with Crippen molar-refractivity contribution >= 4 is 31.7 Å². The Labute approximate surface area is 104 Å². The molecule has 1 rings (SSSR count). The molecule has 0 radical (unpaired) electrons. The number of morpholine rings is 1. The average Bonchev–Trinajstić information content (AvgIpc) is 2.15. The molecule has 7 heteroatoms. The van der Waals surface area contributed by atoms with E-state index in [0.29, 0.717) is 18.5 Å². The van der Waals surface area contributed by atoms with Crippen molar-refractivity contribution in [3.63, 3.8) is 0 Å². The summed E-state index contributed by atoms with van der Waals surface area (Å²) in [6, 6.07) is -0.0652. The highest BCUT2D eigenvalue weighted by Gasteiger charge is 2.30. The second kappa shape index (κ2) is 5.46. The Bertz CT molecular complexity index is 357. The molecule has 16 heavy (non-hydrogen) atoms. The minimum atomic E-state index is -3.26. The van der Waals surface area contributed by atoms with Gasteiger partial charge in [0.1, 0.15) is 5.75 Å². The Morgan fingerprint density at radius 2 is 2.19 bits per heavy atom. The van der Waals surface area contributed by atoms with Crippen molar-refractivity contribution in [3.05, 3.63) is 0 Å². The fourth-order valence-electron chi connectivity index (χ4n) is 1.57. The van der Waals surface area contributed by atoms with Crippen molar-refractivity contribution < 1.29 is 17.9 Å². The zero-order chi connectivity index (χ0) is 12.3. The maximum Gasteiger partial charge on any atom is 0.238 e. The van der Waals surface area contributed by atoms with Crippen molar-refractivity contribution in [1.82, 2.24) is 4.90 Å². The summed E-state index contributed by atoms with van der Waals surface area (Å²) in [5, 5.41) is 0.641. The van der Waals surface area contributed by atoms with E-state index in [1.54, 1.807) is 4.90 Å². The van der Waals surface area contributed by atoms with Gasteiger partial charge in [0.25, 0.3) is 0 Å². The lowest BCUT2D eigenvalue weighted by atomic mass is 10.2. The van der Waals surface area contributed by atoms with Gasteiger partial charge in [-0.2, -0.15) is 0 Å². The smallest absolute Gasteiger partial charge is 0.238 e. The molecule has 1 aliphatic rings. The van der Waals surface area contributed by atoms with E-state index < -0.39 is 15.6 Å². The van der Waals surface area contributed by atoms with Gasteiger partial charge in [0.05, 0.1) is 18.8 Å². The molecule has 94 valence electrons. The van der Waals surface area contributed by atoms with Gasteiger partial charge in [-0.25, -0.2) is 8.42 Å². The number of carbonyl (C=O) groups excluding carboxylic acids is 1. The van der Waals surface area contributed by atoms with Crippen LogP contribution in [0.4, 0.5) is 0 Å². The first-order valence-electron chi connectivity index (χ1n) is 4.98. The number of rotatable bonds is 3. The van der Waals surface area contributed by atoms with Gasteiger partial charge in [-0.05, 0) is 6.92 Å². The van der Waals surface area contributed by atoms with Crippen LogP contribution < -0.4 is 0 Å². The first-order chi connectivity index (χ1) is 7.33. The van der Waals surface area contributed by atoms with E-state index in [-0.39, 0.29) is 18.1 Å². The molecule has 0 bridgehead atoms. The molecular formula is C9H16BrNO4S. The van der Waals surface area contributed by atoms with Gasteiger partial charge >= 0.3 is 0 Å². The first-order valence-corrected chi connectivity index (χ1v) is 8.16. The Hall–Kier alpha value is -0.140. The maximum atomic E-state index is 11.8. The summed E-state index contributed by atoms with van der Waals surface area (Å²) in [4.78, 5) is 13.3. The highest BCUT2D eigenvalue weighted by atomic mass is 79.9. The molecule has 5 nitrogen and oxygen atoms in total. The molecular weight excluding hydrogens is 298 g/mol. The molecule has 1 fully saturated rings. The third-order valence-corrected chi connectivity index (χ3v) is 3.88. The summed E-state index contributed by atoms with van der Waals surface area (Å²) in [5.74, 6) is -0.768. The number of ether oxygens (including phenoxy) is 1. The highest BCUT2D eigenvalue weighted by molar-refractivity contribution is 9.09. The predicted octanol–water partition coefficient (Wildman–Crippen LogP) is 0.0418. The van der Waals surface area contributed by atoms with Gasteiger partial charge in [0.2, 0.25) is 5.91 Å². The van der Waals surface area contributed by atoms with Crippen LogP contribution in [-0.2, 0) is 19.4 Å². The third-order valence-electron chi connectivity index (χ3n) is 2.38. The van der Waals surface area contributed by atoms with Crippen LogP contribution in [0.1, 0.15) is 6.92 Å². The van der Waals surface area contributed by atoms with Crippen molar-refractivity contribution in [2.24, 2.45) is 0 Å². The van der Waals surface area contributed by atoms with E-state index in [1.807, 2.05) is 6.92 Å². The lowest BCUT2D eigenvalue weighted by molar-refractivity contribution is -0.140. The standard InChI is InChI=1S/C9H16BrNO4S/c1-7-5-15-8(3-10)4-11(7)9(12)6-16(2,13)14/h7-8H,3-6H2,1-2H3. The molecule has 1 amide bonds. The summed E-state index contributed by atoms with van der Waals surface area (Å²) in [5.41, 5.74) is 0. The minimum absolute atomic E-state index is 0.0558. The molecule has 2 atom stereocenters. The lowest BCUT2D eigenvalue weighted by Crippen LogP contribution is -2.52. The van der Waals surface area contributed by atoms with Crippen LogP contribution in [0.5, 0.6) is 0 Å². The zero-order valence-electron chi connectivity index (χ0n) is 9.35. The van der Waals surface area contributed by atoms with Crippen LogP contribution >= 0.6 is 15.9 Å². The molecule has 0 N–H and O–H groups in total. The van der Waals surface area contributed by atoms with Gasteiger partial charge in [0, 0.05) is 18.1 Å². The number of nitrogens with zero attached hydrogens (tertiary/aromatic N) is 1. The van der Waals surface area contributed by atoms with Crippen molar-refractivity contribution in [2.45, 2.75) is 19.1 Å². The maximum absolute atomic E-state index is 11.8. The van der Waals surface area contributed by atoms with Gasteiger partial charge in [0.15, 0.2) is 9.84 Å². The second-order valence-electron chi connectivity index (χ2n) is 4.07. The van der Waals surface area contributed by atoms with Gasteiger partial charge in [-0.15, -0.1) is 0 Å². The van der Waals surface area contributed by atoms with Gasteiger partial charge in [-0.1, -0.05) is 15.9 Å². The number of alkyl halides is 1. The van der Waals surface area contributed by atoms with Crippen LogP contribution in [0, 0.1) is 0 Å². The molecule has 1 heterocycles. The molecule has 0 aromatic rings. The Morgan fingerprint density at radius 3 is 2.69 bits per heavy atom. The van der Waals surface area contributed by atoms with E-state index in [0.717, 1.165) is 6.26 Å². The van der Waals surface area contributed by atoms with Crippen LogP contribution in [0.15, 0.2) is 0 Å². The van der Waals surface area contributed by atoms with Crippen molar-refractivity contribution in [2.75, 3.05) is 30.5 Å². The number of sulfone groups is 1. The lowest BCUT2D eigenvalue weighted by Gasteiger charge is -2.37. The molecule has 1 saturated heterocycles.